The molecule has 0 spiro atoms. The minimum absolute atomic E-state index is 0. The van der Waals surface area contributed by atoms with Crippen molar-refractivity contribution >= 4 is 35.7 Å². The van der Waals surface area contributed by atoms with Crippen molar-refractivity contribution in [1.29, 1.82) is 0 Å². The minimum Gasteiger partial charge on any atom is -0.370 e. The molecule has 0 bridgehead atoms. The third-order valence-electron chi connectivity index (χ3n) is 4.17. The van der Waals surface area contributed by atoms with Gasteiger partial charge in [-0.25, -0.2) is 4.39 Å². The molecular weight excluding hydrogens is 408 g/mol. The minimum atomic E-state index is -0.732. The number of pyridine rings is 1. The summed E-state index contributed by atoms with van der Waals surface area (Å²) >= 11 is 6.09. The molecule has 0 aliphatic rings. The van der Waals surface area contributed by atoms with Gasteiger partial charge in [-0.15, -0.1) is 12.4 Å². The van der Waals surface area contributed by atoms with Gasteiger partial charge in [0.2, 0.25) is 11.5 Å². The smallest absolute Gasteiger partial charge is 0.247 e. The maximum absolute atomic E-state index is 15.2. The third-order valence-corrected chi connectivity index (χ3v) is 4.49. The van der Waals surface area contributed by atoms with Gasteiger partial charge in [0.25, 0.3) is 0 Å². The van der Waals surface area contributed by atoms with Crippen LogP contribution in [-0.4, -0.2) is 22.7 Å². The molecule has 28 heavy (non-hydrogen) atoms. The molecule has 152 valence electrons. The number of halogens is 3. The second-order valence-electron chi connectivity index (χ2n) is 6.30. The number of nitrogens with two attached hydrogens (primary N) is 1. The fraction of sp³-hybridized carbons (Fsp3) is 0.316. The van der Waals surface area contributed by atoms with Gasteiger partial charge in [-0.3, -0.25) is 14.4 Å². The number of hydrogen-bond donors (Lipinski definition) is 3. The van der Waals surface area contributed by atoms with E-state index in [0.29, 0.717) is 6.42 Å². The summed E-state index contributed by atoms with van der Waals surface area (Å²) in [5.74, 6) is -1.82. The number of carbonyl (C=O) groups excluding carboxylic acids is 2. The topological polar surface area (TPSA) is 105 Å². The molecule has 0 saturated heterocycles. The summed E-state index contributed by atoms with van der Waals surface area (Å²) in [7, 11) is 0. The number of primary amides is 1. The summed E-state index contributed by atoms with van der Waals surface area (Å²) < 4.78 is 15.2. The monoisotopic (exact) mass is 429 g/mol. The lowest BCUT2D eigenvalue weighted by atomic mass is 9.96. The molecule has 1 heterocycles. The zero-order valence-corrected chi connectivity index (χ0v) is 17.0. The fourth-order valence-corrected chi connectivity index (χ4v) is 3.11. The molecule has 0 aliphatic carbocycles. The van der Waals surface area contributed by atoms with Crippen molar-refractivity contribution in [2.75, 3.05) is 0 Å². The highest BCUT2D eigenvalue weighted by molar-refractivity contribution is 6.35. The van der Waals surface area contributed by atoms with Gasteiger partial charge in [-0.05, 0) is 25.5 Å². The van der Waals surface area contributed by atoms with E-state index in [1.165, 1.54) is 30.5 Å². The Morgan fingerprint density at radius 2 is 1.96 bits per heavy atom. The Labute approximate surface area is 173 Å². The van der Waals surface area contributed by atoms with Crippen LogP contribution in [-0.2, 0) is 4.79 Å². The van der Waals surface area contributed by atoms with Crippen LogP contribution in [0.3, 0.4) is 0 Å². The van der Waals surface area contributed by atoms with E-state index in [1.54, 1.807) is 6.92 Å². The standard InChI is InChI=1S/C19H21ClFN3O3.ClH/c1-3-14(24-10(2)8-15(22)25)12-5-6-13(20)17(18(12)21)19(27)11-4-7-16(26)23-9-11;/h4-7,9-10,14,24H,3,8H2,1-2H3,(H2,22,25)(H,23,26);1H/t10-,14-;/m1./s1. The molecular formula is C19H22Cl2FN3O3. The predicted octanol–water partition coefficient (Wildman–Crippen LogP) is 3.12. The zero-order chi connectivity index (χ0) is 20.1. The van der Waals surface area contributed by atoms with Gasteiger partial charge in [-0.1, -0.05) is 24.6 Å². The number of rotatable bonds is 8. The molecule has 1 amide bonds. The average Bonchev–Trinajstić information content (AvgIpc) is 2.60. The first-order chi connectivity index (χ1) is 12.7. The molecule has 0 aliphatic heterocycles. The van der Waals surface area contributed by atoms with Crippen LogP contribution in [0.15, 0.2) is 35.3 Å². The third kappa shape index (κ3) is 5.64. The number of carbonyl (C=O) groups is 2. The van der Waals surface area contributed by atoms with E-state index in [4.69, 9.17) is 17.3 Å². The van der Waals surface area contributed by atoms with Crippen molar-refractivity contribution in [1.82, 2.24) is 10.3 Å². The molecule has 4 N–H and O–H groups in total. The van der Waals surface area contributed by atoms with Crippen LogP contribution in [0.1, 0.15) is 54.2 Å². The lowest BCUT2D eigenvalue weighted by Crippen LogP contribution is -2.34. The number of aromatic nitrogens is 1. The summed E-state index contributed by atoms with van der Waals surface area (Å²) in [6.45, 7) is 3.62. The number of nitrogens with one attached hydrogen (secondary N) is 2. The SMILES string of the molecule is CC[C@@H](N[C@H](C)CC(N)=O)c1ccc(Cl)c(C(=O)c2ccc(=O)[nH]c2)c1F.Cl. The maximum Gasteiger partial charge on any atom is 0.247 e. The number of ketones is 1. The molecule has 2 atom stereocenters. The average molecular weight is 430 g/mol. The first kappa shape index (κ1) is 23.8. The number of H-pyrrole nitrogens is 1. The first-order valence-electron chi connectivity index (χ1n) is 8.50. The summed E-state index contributed by atoms with van der Waals surface area (Å²) in [5, 5.41) is 3.12. The molecule has 0 fully saturated rings. The summed E-state index contributed by atoms with van der Waals surface area (Å²) in [5.41, 5.74) is 4.96. The van der Waals surface area contributed by atoms with Crippen LogP contribution in [0, 0.1) is 5.82 Å². The zero-order valence-electron chi connectivity index (χ0n) is 15.4. The fourth-order valence-electron chi connectivity index (χ4n) is 2.87. The largest absolute Gasteiger partial charge is 0.370 e. The Bertz CT molecular complexity index is 897. The Hall–Kier alpha value is -2.22. The van der Waals surface area contributed by atoms with Gasteiger partial charge in [-0.2, -0.15) is 0 Å². The van der Waals surface area contributed by atoms with E-state index in [0.717, 1.165) is 0 Å². The highest BCUT2D eigenvalue weighted by Gasteiger charge is 2.25. The van der Waals surface area contributed by atoms with Crippen LogP contribution in [0.4, 0.5) is 4.39 Å². The van der Waals surface area contributed by atoms with Gasteiger partial charge in [0.1, 0.15) is 5.82 Å². The Morgan fingerprint density at radius 1 is 1.29 bits per heavy atom. The van der Waals surface area contributed by atoms with Crippen molar-refractivity contribution < 1.29 is 14.0 Å². The normalized spacial score (nSPS) is 12.7. The van der Waals surface area contributed by atoms with E-state index >= 15 is 4.39 Å². The Kier molecular flexibility index (Phi) is 8.81. The second kappa shape index (κ2) is 10.4. The molecule has 1 aromatic carbocycles. The van der Waals surface area contributed by atoms with Crippen molar-refractivity contribution in [3.8, 4) is 0 Å². The second-order valence-corrected chi connectivity index (χ2v) is 6.70. The Morgan fingerprint density at radius 3 is 2.50 bits per heavy atom. The van der Waals surface area contributed by atoms with Gasteiger partial charge < -0.3 is 16.0 Å². The van der Waals surface area contributed by atoms with Crippen LogP contribution < -0.4 is 16.6 Å². The van der Waals surface area contributed by atoms with Gasteiger partial charge in [0.05, 0.1) is 10.6 Å². The lowest BCUT2D eigenvalue weighted by Gasteiger charge is -2.23. The molecule has 2 rings (SSSR count). The lowest BCUT2D eigenvalue weighted by molar-refractivity contribution is -0.118. The molecule has 0 unspecified atom stereocenters. The van der Waals surface area contributed by atoms with Crippen LogP contribution in [0.2, 0.25) is 5.02 Å². The van der Waals surface area contributed by atoms with Crippen LogP contribution >= 0.6 is 24.0 Å². The van der Waals surface area contributed by atoms with E-state index < -0.39 is 23.5 Å². The molecule has 0 saturated carbocycles. The van der Waals surface area contributed by atoms with Crippen molar-refractivity contribution in [2.45, 2.75) is 38.8 Å². The van der Waals surface area contributed by atoms with E-state index in [1.807, 2.05) is 6.92 Å². The maximum atomic E-state index is 15.2. The molecule has 2 aromatic rings. The van der Waals surface area contributed by atoms with Crippen molar-refractivity contribution in [3.05, 3.63) is 68.3 Å². The highest BCUT2D eigenvalue weighted by atomic mass is 35.5. The first-order valence-corrected chi connectivity index (χ1v) is 8.88. The summed E-state index contributed by atoms with van der Waals surface area (Å²) in [6, 6.07) is 4.78. The summed E-state index contributed by atoms with van der Waals surface area (Å²) in [6.07, 6.45) is 1.85. The number of hydrogen-bond acceptors (Lipinski definition) is 4. The van der Waals surface area contributed by atoms with Crippen molar-refractivity contribution in [2.24, 2.45) is 5.73 Å². The molecule has 6 nitrogen and oxygen atoms in total. The van der Waals surface area contributed by atoms with E-state index in [2.05, 4.69) is 10.3 Å². The van der Waals surface area contributed by atoms with E-state index in [9.17, 15) is 14.4 Å². The molecule has 0 radical (unpaired) electrons. The molecule has 1 aromatic heterocycles. The highest BCUT2D eigenvalue weighted by Crippen LogP contribution is 2.29. The van der Waals surface area contributed by atoms with E-state index in [-0.39, 0.29) is 52.1 Å². The van der Waals surface area contributed by atoms with Crippen LogP contribution in [0.25, 0.3) is 0 Å². The molecule has 9 heteroatoms. The predicted molar refractivity (Wildman–Crippen MR) is 109 cm³/mol. The number of aromatic amines is 1. The quantitative estimate of drug-likeness (QED) is 0.560. The van der Waals surface area contributed by atoms with Crippen LogP contribution in [0.5, 0.6) is 0 Å². The summed E-state index contributed by atoms with van der Waals surface area (Å²) in [4.78, 5) is 37.3. The number of benzene rings is 1. The van der Waals surface area contributed by atoms with Gasteiger partial charge >= 0.3 is 0 Å². The van der Waals surface area contributed by atoms with Crippen molar-refractivity contribution in [3.63, 3.8) is 0 Å². The van der Waals surface area contributed by atoms with Gasteiger partial charge in [0, 0.05) is 41.9 Å². The Balaban J connectivity index is 0.00000392. The van der Waals surface area contributed by atoms with Gasteiger partial charge in [0.15, 0.2) is 5.78 Å². The number of amides is 1.